The van der Waals surface area contributed by atoms with Crippen LogP contribution >= 0.6 is 12.6 Å². The van der Waals surface area contributed by atoms with Gasteiger partial charge in [-0.05, 0) is 0 Å². The molecule has 3 nitrogen and oxygen atoms in total. The molecule has 0 unspecified atom stereocenters. The summed E-state index contributed by atoms with van der Waals surface area (Å²) in [7, 11) is 0. The van der Waals surface area contributed by atoms with Crippen molar-refractivity contribution in [2.75, 3.05) is 12.4 Å². The Labute approximate surface area is 65.4 Å². The zero-order valence-corrected chi connectivity index (χ0v) is 6.43. The van der Waals surface area contributed by atoms with E-state index in [1.54, 1.807) is 0 Å². The van der Waals surface area contributed by atoms with Crippen molar-refractivity contribution in [3.63, 3.8) is 0 Å². The van der Waals surface area contributed by atoms with E-state index in [0.29, 0.717) is 12.2 Å². The van der Waals surface area contributed by atoms with Crippen LogP contribution in [0.5, 0.6) is 0 Å². The first-order valence-corrected chi connectivity index (χ1v) is 3.58. The highest BCUT2D eigenvalue weighted by Gasteiger charge is 1.98. The summed E-state index contributed by atoms with van der Waals surface area (Å²) in [5.41, 5.74) is 0. The standard InChI is InChI=1S/C6H9NO2S/c7-3-1-4-9-6(8)2-5-10/h10H,1-2,4-5H2. The highest BCUT2D eigenvalue weighted by molar-refractivity contribution is 7.80. The second-order valence-electron chi connectivity index (χ2n) is 1.60. The van der Waals surface area contributed by atoms with Gasteiger partial charge in [0.15, 0.2) is 0 Å². The van der Waals surface area contributed by atoms with Crippen molar-refractivity contribution in [2.45, 2.75) is 12.8 Å². The van der Waals surface area contributed by atoms with Crippen LogP contribution in [0.1, 0.15) is 12.8 Å². The molecule has 0 N–H and O–H groups in total. The van der Waals surface area contributed by atoms with Gasteiger partial charge in [0, 0.05) is 5.75 Å². The Morgan fingerprint density at radius 2 is 2.40 bits per heavy atom. The van der Waals surface area contributed by atoms with Gasteiger partial charge in [0.2, 0.25) is 0 Å². The Morgan fingerprint density at radius 1 is 1.70 bits per heavy atom. The predicted octanol–water partition coefficient (Wildman–Crippen LogP) is 0.763. The number of esters is 1. The lowest BCUT2D eigenvalue weighted by atomic mass is 10.5. The minimum atomic E-state index is -0.287. The van der Waals surface area contributed by atoms with E-state index in [1.165, 1.54) is 0 Å². The van der Waals surface area contributed by atoms with Crippen molar-refractivity contribution in [3.05, 3.63) is 0 Å². The topological polar surface area (TPSA) is 50.1 Å². The molecule has 0 aliphatic rings. The summed E-state index contributed by atoms with van der Waals surface area (Å²) >= 11 is 3.84. The molecule has 0 atom stereocenters. The molecule has 0 radical (unpaired) electrons. The largest absolute Gasteiger partial charge is 0.465 e. The monoisotopic (exact) mass is 159 g/mol. The van der Waals surface area contributed by atoms with Crippen molar-refractivity contribution < 1.29 is 9.53 Å². The van der Waals surface area contributed by atoms with Crippen molar-refractivity contribution in [3.8, 4) is 6.07 Å². The molecule has 0 saturated heterocycles. The molecule has 10 heavy (non-hydrogen) atoms. The van der Waals surface area contributed by atoms with E-state index < -0.39 is 0 Å². The van der Waals surface area contributed by atoms with Crippen LogP contribution < -0.4 is 0 Å². The minimum absolute atomic E-state index is 0.198. The van der Waals surface area contributed by atoms with E-state index in [9.17, 15) is 4.79 Å². The second kappa shape index (κ2) is 6.43. The molecule has 56 valence electrons. The van der Waals surface area contributed by atoms with Gasteiger partial charge in [-0.25, -0.2) is 0 Å². The van der Waals surface area contributed by atoms with E-state index in [2.05, 4.69) is 17.4 Å². The molecule has 0 aromatic rings. The average molecular weight is 159 g/mol. The summed E-state index contributed by atoms with van der Waals surface area (Å²) < 4.78 is 4.61. The number of nitrogens with zero attached hydrogens (tertiary/aromatic N) is 1. The van der Waals surface area contributed by atoms with Crippen molar-refractivity contribution in [1.82, 2.24) is 0 Å². The number of nitriles is 1. The Balaban J connectivity index is 3.15. The molecule has 0 bridgehead atoms. The molecule has 4 heteroatoms. The number of carbonyl (C=O) groups is 1. The van der Waals surface area contributed by atoms with Crippen LogP contribution in [0.15, 0.2) is 0 Å². The van der Waals surface area contributed by atoms with E-state index in [1.807, 2.05) is 6.07 Å². The summed E-state index contributed by atoms with van der Waals surface area (Å²) in [4.78, 5) is 10.5. The summed E-state index contributed by atoms with van der Waals surface area (Å²) in [5, 5.41) is 8.05. The van der Waals surface area contributed by atoms with Gasteiger partial charge in [-0.3, -0.25) is 4.79 Å². The smallest absolute Gasteiger partial charge is 0.306 e. The lowest BCUT2D eigenvalue weighted by molar-refractivity contribution is -0.142. The van der Waals surface area contributed by atoms with Crippen LogP contribution in [0.25, 0.3) is 0 Å². The molecule has 0 heterocycles. The fourth-order valence-corrected chi connectivity index (χ4v) is 0.557. The van der Waals surface area contributed by atoms with Crippen molar-refractivity contribution in [1.29, 1.82) is 5.26 Å². The third kappa shape index (κ3) is 5.45. The molecule has 0 saturated carbocycles. The molecule has 0 spiro atoms. The van der Waals surface area contributed by atoms with Crippen LogP contribution in [0, 0.1) is 11.3 Å². The third-order valence-corrected chi connectivity index (χ3v) is 1.02. The van der Waals surface area contributed by atoms with E-state index in [4.69, 9.17) is 5.26 Å². The molecule has 0 amide bonds. The van der Waals surface area contributed by atoms with Crippen LogP contribution in [0.4, 0.5) is 0 Å². The molecule has 0 aliphatic heterocycles. The maximum atomic E-state index is 10.5. The summed E-state index contributed by atoms with van der Waals surface area (Å²) in [6.45, 7) is 0.198. The summed E-state index contributed by atoms with van der Waals surface area (Å²) in [6, 6.07) is 1.87. The molecule has 0 aliphatic carbocycles. The van der Waals surface area contributed by atoms with E-state index in [0.717, 1.165) is 0 Å². The number of ether oxygens (including phenoxy) is 1. The summed E-state index contributed by atoms with van der Waals surface area (Å²) in [5.74, 6) is 0.205. The Hall–Kier alpha value is -0.690. The zero-order chi connectivity index (χ0) is 7.82. The first-order chi connectivity index (χ1) is 4.81. The van der Waals surface area contributed by atoms with E-state index in [-0.39, 0.29) is 19.0 Å². The SMILES string of the molecule is N#CCCOC(=O)CCS. The quantitative estimate of drug-likeness (QED) is 0.374. The molecule has 0 aromatic carbocycles. The van der Waals surface area contributed by atoms with Gasteiger partial charge in [-0.1, -0.05) is 0 Å². The number of hydrogen-bond donors (Lipinski definition) is 1. The van der Waals surface area contributed by atoms with E-state index >= 15 is 0 Å². The van der Waals surface area contributed by atoms with Crippen molar-refractivity contribution in [2.24, 2.45) is 0 Å². The molecule has 0 aromatic heterocycles. The lowest BCUT2D eigenvalue weighted by Gasteiger charge is -1.98. The average Bonchev–Trinajstić information content (AvgIpc) is 1.89. The van der Waals surface area contributed by atoms with Gasteiger partial charge in [0.05, 0.1) is 18.9 Å². The Bertz CT molecular complexity index is 141. The van der Waals surface area contributed by atoms with Crippen LogP contribution in [-0.4, -0.2) is 18.3 Å². The summed E-state index contributed by atoms with van der Waals surface area (Å²) in [6.07, 6.45) is 0.576. The maximum absolute atomic E-state index is 10.5. The lowest BCUT2D eigenvalue weighted by Crippen LogP contribution is -2.05. The number of thiol groups is 1. The second-order valence-corrected chi connectivity index (χ2v) is 2.05. The third-order valence-electron chi connectivity index (χ3n) is 0.793. The fourth-order valence-electron chi connectivity index (χ4n) is 0.374. The zero-order valence-electron chi connectivity index (χ0n) is 5.54. The maximum Gasteiger partial charge on any atom is 0.306 e. The molecular formula is C6H9NO2S. The highest BCUT2D eigenvalue weighted by atomic mass is 32.1. The first kappa shape index (κ1) is 9.31. The fraction of sp³-hybridized carbons (Fsp3) is 0.667. The number of hydrogen-bond acceptors (Lipinski definition) is 4. The molecule has 0 rings (SSSR count). The van der Waals surface area contributed by atoms with Gasteiger partial charge in [0.1, 0.15) is 6.61 Å². The molecular weight excluding hydrogens is 150 g/mol. The van der Waals surface area contributed by atoms with Gasteiger partial charge in [0.25, 0.3) is 0 Å². The van der Waals surface area contributed by atoms with Crippen LogP contribution in [0.2, 0.25) is 0 Å². The number of carbonyl (C=O) groups excluding carboxylic acids is 1. The van der Waals surface area contributed by atoms with Gasteiger partial charge in [-0.2, -0.15) is 17.9 Å². The van der Waals surface area contributed by atoms with Crippen LogP contribution in [-0.2, 0) is 9.53 Å². The van der Waals surface area contributed by atoms with Gasteiger partial charge in [-0.15, -0.1) is 0 Å². The first-order valence-electron chi connectivity index (χ1n) is 2.94. The predicted molar refractivity (Wildman–Crippen MR) is 39.7 cm³/mol. The number of rotatable bonds is 4. The van der Waals surface area contributed by atoms with Crippen molar-refractivity contribution >= 4 is 18.6 Å². The highest BCUT2D eigenvalue weighted by Crippen LogP contribution is 1.89. The molecule has 0 fully saturated rings. The van der Waals surface area contributed by atoms with Crippen LogP contribution in [0.3, 0.4) is 0 Å². The van der Waals surface area contributed by atoms with Gasteiger partial charge >= 0.3 is 5.97 Å². The Kier molecular flexibility index (Phi) is 5.99. The Morgan fingerprint density at radius 3 is 2.90 bits per heavy atom. The normalized spacial score (nSPS) is 8.40. The minimum Gasteiger partial charge on any atom is -0.465 e. The van der Waals surface area contributed by atoms with Gasteiger partial charge < -0.3 is 4.74 Å².